The van der Waals surface area contributed by atoms with Gasteiger partial charge >= 0.3 is 0 Å². The Balaban J connectivity index is 0.000000853. The lowest BCUT2D eigenvalue weighted by Crippen LogP contribution is -2.63. The molecule has 3 N–H and O–H groups in total. The van der Waals surface area contributed by atoms with Crippen molar-refractivity contribution >= 4 is 23.1 Å². The van der Waals surface area contributed by atoms with Crippen LogP contribution >= 0.6 is 0 Å². The van der Waals surface area contributed by atoms with E-state index in [4.69, 9.17) is 5.11 Å². The third-order valence-corrected chi connectivity index (χ3v) is 11.5. The van der Waals surface area contributed by atoms with E-state index in [0.717, 1.165) is 12.8 Å². The highest BCUT2D eigenvalue weighted by atomic mass is 16.3. The van der Waals surface area contributed by atoms with Gasteiger partial charge in [-0.2, -0.15) is 0 Å². The number of hydrogen-bond acceptors (Lipinski definition) is 7. The molecule has 7 heteroatoms. The molecule has 4 aliphatic carbocycles. The standard InChI is InChI=1S/C29H44O5.C4H8O2.2C2H6/c1-25(2)15-17(30)14-20-18(25)8-9-22-27(5)13-10-19(24(33)21(31)11-12-26(3,4)34)28(27,6)16-23(32)29(20,22)7;1-3(5)4(2)6;2*1-2/h8,19-20,22,24,33-34H,9-16H2,1-7H3;3,5H,1-2H3;2*1-2H3. The van der Waals surface area contributed by atoms with Gasteiger partial charge in [-0.1, -0.05) is 74.0 Å². The maximum absolute atomic E-state index is 14.1. The maximum atomic E-state index is 14.1. The fourth-order valence-corrected chi connectivity index (χ4v) is 8.69. The van der Waals surface area contributed by atoms with Crippen LogP contribution in [0, 0.1) is 39.4 Å². The number of rotatable bonds is 6. The van der Waals surface area contributed by atoms with Gasteiger partial charge in [0.2, 0.25) is 0 Å². The molecule has 0 spiro atoms. The molecule has 0 amide bonds. The van der Waals surface area contributed by atoms with Crippen LogP contribution in [0.4, 0.5) is 0 Å². The van der Waals surface area contributed by atoms with E-state index in [2.05, 4.69) is 40.7 Å². The zero-order valence-electron chi connectivity index (χ0n) is 30.1. The molecule has 4 rings (SSSR count). The van der Waals surface area contributed by atoms with Crippen molar-refractivity contribution in [2.24, 2.45) is 39.4 Å². The number of allylic oxidation sites excluding steroid dienone is 2. The van der Waals surface area contributed by atoms with Gasteiger partial charge in [0, 0.05) is 31.1 Å². The highest BCUT2D eigenvalue weighted by Gasteiger charge is 2.70. The van der Waals surface area contributed by atoms with E-state index in [9.17, 15) is 29.4 Å². The Kier molecular flexibility index (Phi) is 13.6. The van der Waals surface area contributed by atoms with Crippen molar-refractivity contribution in [2.75, 3.05) is 0 Å². The molecule has 0 aromatic carbocycles. The Hall–Kier alpha value is -1.70. The molecule has 0 aliphatic heterocycles. The van der Waals surface area contributed by atoms with Crippen molar-refractivity contribution in [1.29, 1.82) is 0 Å². The Morgan fingerprint density at radius 3 is 1.98 bits per heavy atom. The average Bonchev–Trinajstić information content (AvgIpc) is 3.19. The second-order valence-electron chi connectivity index (χ2n) is 15.2. The first-order valence-electron chi connectivity index (χ1n) is 17.0. The van der Waals surface area contributed by atoms with Gasteiger partial charge in [0.15, 0.2) is 11.6 Å². The van der Waals surface area contributed by atoms with Gasteiger partial charge in [-0.3, -0.25) is 19.2 Å². The van der Waals surface area contributed by atoms with Crippen LogP contribution in [0.2, 0.25) is 0 Å². The third kappa shape index (κ3) is 7.63. The maximum Gasteiger partial charge on any atom is 0.161 e. The quantitative estimate of drug-likeness (QED) is 0.278. The molecule has 254 valence electrons. The van der Waals surface area contributed by atoms with Gasteiger partial charge in [-0.25, -0.2) is 0 Å². The van der Waals surface area contributed by atoms with Crippen LogP contribution in [0.3, 0.4) is 0 Å². The first kappa shape index (κ1) is 40.3. The summed E-state index contributed by atoms with van der Waals surface area (Å²) in [4.78, 5) is 49.6. The largest absolute Gasteiger partial charge is 0.390 e. The number of aliphatic hydroxyl groups is 3. The van der Waals surface area contributed by atoms with Crippen molar-refractivity contribution in [1.82, 2.24) is 0 Å². The molecular weight excluding hydrogens is 556 g/mol. The summed E-state index contributed by atoms with van der Waals surface area (Å²) in [5.74, 6) is -0.202. The topological polar surface area (TPSA) is 129 Å². The van der Waals surface area contributed by atoms with Crippen LogP contribution in [-0.2, 0) is 19.2 Å². The summed E-state index contributed by atoms with van der Waals surface area (Å²) < 4.78 is 0. The summed E-state index contributed by atoms with van der Waals surface area (Å²) in [6, 6.07) is 0. The molecular formula is C37H64O7. The van der Waals surface area contributed by atoms with Gasteiger partial charge in [0.1, 0.15) is 23.8 Å². The number of Topliss-reactive ketones (excluding diaryl/α,β-unsaturated/α-hetero) is 4. The van der Waals surface area contributed by atoms with Crippen LogP contribution < -0.4 is 0 Å². The van der Waals surface area contributed by atoms with E-state index >= 15 is 0 Å². The van der Waals surface area contributed by atoms with Crippen molar-refractivity contribution < 1.29 is 34.5 Å². The summed E-state index contributed by atoms with van der Waals surface area (Å²) in [7, 11) is 0. The van der Waals surface area contributed by atoms with Gasteiger partial charge in [0.05, 0.1) is 5.60 Å². The lowest BCUT2D eigenvalue weighted by Gasteiger charge is -2.64. The molecule has 44 heavy (non-hydrogen) atoms. The molecule has 7 nitrogen and oxygen atoms in total. The van der Waals surface area contributed by atoms with Crippen molar-refractivity contribution in [3.63, 3.8) is 0 Å². The number of ketones is 4. The van der Waals surface area contributed by atoms with E-state index in [1.165, 1.54) is 19.4 Å². The first-order chi connectivity index (χ1) is 20.1. The predicted octanol–water partition coefficient (Wildman–Crippen LogP) is 6.83. The Morgan fingerprint density at radius 1 is 0.977 bits per heavy atom. The average molecular weight is 621 g/mol. The van der Waals surface area contributed by atoms with E-state index in [0.29, 0.717) is 32.1 Å². The van der Waals surface area contributed by atoms with E-state index < -0.39 is 28.6 Å². The zero-order chi connectivity index (χ0) is 34.6. The Morgan fingerprint density at radius 2 is 1.50 bits per heavy atom. The van der Waals surface area contributed by atoms with Crippen LogP contribution in [-0.4, -0.2) is 56.3 Å². The molecule has 3 fully saturated rings. The molecule has 0 aromatic heterocycles. The minimum absolute atomic E-state index is 0.0474. The predicted molar refractivity (Wildman–Crippen MR) is 176 cm³/mol. The number of hydrogen-bond donors (Lipinski definition) is 3. The molecule has 8 unspecified atom stereocenters. The SMILES string of the molecule is CC.CC.CC(=O)C(C)O.CC(C)(O)CCC(=O)C(O)C1CCC2(C)C3CC=C4C(CC(=O)CC4(C)C)C3(C)C(=O)CC12C. The van der Waals surface area contributed by atoms with Crippen molar-refractivity contribution in [2.45, 2.75) is 159 Å². The summed E-state index contributed by atoms with van der Waals surface area (Å²) in [5.41, 5.74) is -1.15. The van der Waals surface area contributed by atoms with E-state index in [1.54, 1.807) is 13.8 Å². The zero-order valence-corrected chi connectivity index (χ0v) is 30.1. The first-order valence-corrected chi connectivity index (χ1v) is 17.0. The van der Waals surface area contributed by atoms with Gasteiger partial charge in [-0.15, -0.1) is 0 Å². The summed E-state index contributed by atoms with van der Waals surface area (Å²) >= 11 is 0. The van der Waals surface area contributed by atoms with Crippen LogP contribution in [0.15, 0.2) is 11.6 Å². The van der Waals surface area contributed by atoms with Crippen molar-refractivity contribution in [3.8, 4) is 0 Å². The molecule has 0 aromatic rings. The molecule has 0 bridgehead atoms. The van der Waals surface area contributed by atoms with Crippen LogP contribution in [0.1, 0.15) is 141 Å². The second-order valence-corrected chi connectivity index (χ2v) is 15.2. The number of carbonyl (C=O) groups excluding carboxylic acids is 4. The minimum Gasteiger partial charge on any atom is -0.390 e. The lowest BCUT2D eigenvalue weighted by atomic mass is 9.39. The number of fused-ring (bicyclic) bond motifs is 5. The normalized spacial score (nSPS) is 34.9. The highest BCUT2D eigenvalue weighted by Crippen LogP contribution is 2.73. The minimum atomic E-state index is -1.11. The molecule has 0 heterocycles. The van der Waals surface area contributed by atoms with Crippen LogP contribution in [0.5, 0.6) is 0 Å². The molecule has 4 aliphatic rings. The number of aliphatic hydroxyl groups excluding tert-OH is 2. The molecule has 3 saturated carbocycles. The van der Waals surface area contributed by atoms with Gasteiger partial charge < -0.3 is 15.3 Å². The number of carbonyl (C=O) groups is 4. The van der Waals surface area contributed by atoms with Gasteiger partial charge in [-0.05, 0) is 87.4 Å². The summed E-state index contributed by atoms with van der Waals surface area (Å²) in [6.45, 7) is 24.9. The fourth-order valence-electron chi connectivity index (χ4n) is 8.69. The summed E-state index contributed by atoms with van der Waals surface area (Å²) in [5, 5.41) is 29.5. The molecule has 8 atom stereocenters. The second kappa shape index (κ2) is 14.8. The van der Waals surface area contributed by atoms with Gasteiger partial charge in [0.25, 0.3) is 0 Å². The summed E-state index contributed by atoms with van der Waals surface area (Å²) in [6.07, 6.45) is 4.59. The smallest absolute Gasteiger partial charge is 0.161 e. The molecule has 0 saturated heterocycles. The van der Waals surface area contributed by atoms with E-state index in [1.807, 2.05) is 27.7 Å². The fraction of sp³-hybridized carbons (Fsp3) is 0.838. The Bertz CT molecular complexity index is 1080. The van der Waals surface area contributed by atoms with Crippen molar-refractivity contribution in [3.05, 3.63) is 11.6 Å². The monoisotopic (exact) mass is 620 g/mol. The Labute approximate surface area is 267 Å². The lowest BCUT2D eigenvalue weighted by molar-refractivity contribution is -0.174. The highest BCUT2D eigenvalue weighted by molar-refractivity contribution is 5.91. The third-order valence-electron chi connectivity index (χ3n) is 11.5. The van der Waals surface area contributed by atoms with Crippen LogP contribution in [0.25, 0.3) is 0 Å². The molecule has 0 radical (unpaired) electrons. The van der Waals surface area contributed by atoms with E-state index in [-0.39, 0.29) is 58.1 Å².